The first kappa shape index (κ1) is 27.9. The number of carbonyl (C=O) groups excluding carboxylic acids is 1. The maximum atomic E-state index is 13.6. The Labute approximate surface area is 223 Å². The van der Waals surface area contributed by atoms with Crippen molar-refractivity contribution in [2.24, 2.45) is 0 Å². The lowest BCUT2D eigenvalue weighted by Crippen LogP contribution is -2.41. The summed E-state index contributed by atoms with van der Waals surface area (Å²) in [6.45, 7) is 3.84. The number of rotatable bonds is 12. The molecule has 3 rings (SSSR count). The van der Waals surface area contributed by atoms with Crippen LogP contribution in [-0.2, 0) is 20.6 Å². The summed E-state index contributed by atoms with van der Waals surface area (Å²) >= 11 is 7.78. The van der Waals surface area contributed by atoms with Gasteiger partial charge in [-0.3, -0.25) is 9.10 Å². The number of methoxy groups -OCH3 is 1. The largest absolute Gasteiger partial charge is 0.495 e. The fraction of sp³-hybridized carbons (Fsp3) is 0.296. The number of sulfonamides is 1. The molecular formula is C27H31ClN2O4S2. The Kier molecular flexibility index (Phi) is 10.1. The van der Waals surface area contributed by atoms with E-state index in [0.717, 1.165) is 43.9 Å². The van der Waals surface area contributed by atoms with Crippen LogP contribution in [0, 0.1) is 13.8 Å². The van der Waals surface area contributed by atoms with Gasteiger partial charge in [0.15, 0.2) is 0 Å². The van der Waals surface area contributed by atoms with E-state index in [1.165, 1.54) is 7.11 Å². The van der Waals surface area contributed by atoms with Crippen LogP contribution >= 0.6 is 23.4 Å². The van der Waals surface area contributed by atoms with Crippen LogP contribution in [0.2, 0.25) is 5.02 Å². The van der Waals surface area contributed by atoms with Crippen LogP contribution in [0.1, 0.15) is 23.1 Å². The van der Waals surface area contributed by atoms with Crippen molar-refractivity contribution in [3.8, 4) is 5.75 Å². The van der Waals surface area contributed by atoms with Gasteiger partial charge in [0, 0.05) is 17.3 Å². The number of hydrogen-bond acceptors (Lipinski definition) is 5. The van der Waals surface area contributed by atoms with Gasteiger partial charge >= 0.3 is 0 Å². The Bertz CT molecular complexity index is 1280. The molecule has 36 heavy (non-hydrogen) atoms. The summed E-state index contributed by atoms with van der Waals surface area (Å²) in [5.74, 6) is 1.68. The smallest absolute Gasteiger partial charge is 0.264 e. The van der Waals surface area contributed by atoms with E-state index in [0.29, 0.717) is 18.0 Å². The normalized spacial score (nSPS) is 11.2. The molecule has 0 atom stereocenters. The summed E-state index contributed by atoms with van der Waals surface area (Å²) in [5.41, 5.74) is 3.28. The van der Waals surface area contributed by atoms with Crippen LogP contribution in [-0.4, -0.2) is 40.3 Å². The zero-order valence-corrected chi connectivity index (χ0v) is 23.0. The van der Waals surface area contributed by atoms with Gasteiger partial charge in [-0.25, -0.2) is 8.42 Å². The van der Waals surface area contributed by atoms with Crippen LogP contribution in [0.3, 0.4) is 0 Å². The molecule has 0 fully saturated rings. The number of amides is 1. The van der Waals surface area contributed by atoms with Crippen molar-refractivity contribution in [1.82, 2.24) is 5.32 Å². The molecule has 0 unspecified atom stereocenters. The zero-order valence-electron chi connectivity index (χ0n) is 20.7. The Morgan fingerprint density at radius 1 is 1.03 bits per heavy atom. The third-order valence-corrected chi connectivity index (χ3v) is 8.57. The number of carbonyl (C=O) groups is 1. The number of halogens is 1. The lowest BCUT2D eigenvalue weighted by Gasteiger charge is -2.26. The molecule has 6 nitrogen and oxygen atoms in total. The van der Waals surface area contributed by atoms with Crippen molar-refractivity contribution in [3.05, 3.63) is 88.4 Å². The lowest BCUT2D eigenvalue weighted by molar-refractivity contribution is -0.119. The molecule has 1 amide bonds. The molecule has 0 saturated heterocycles. The van der Waals surface area contributed by atoms with E-state index < -0.39 is 10.0 Å². The second-order valence-corrected chi connectivity index (χ2v) is 11.8. The summed E-state index contributed by atoms with van der Waals surface area (Å²) in [6.07, 6.45) is 0.759. The molecule has 0 aliphatic carbocycles. The minimum Gasteiger partial charge on any atom is -0.495 e. The number of nitrogens with one attached hydrogen (secondary N) is 1. The predicted octanol–water partition coefficient (Wildman–Crippen LogP) is 5.60. The molecule has 0 aromatic heterocycles. The molecule has 0 aliphatic rings. The number of benzene rings is 3. The van der Waals surface area contributed by atoms with Gasteiger partial charge in [-0.05, 0) is 73.5 Å². The number of ether oxygens (including phenoxy) is 1. The topological polar surface area (TPSA) is 75.7 Å². The van der Waals surface area contributed by atoms with Crippen LogP contribution in [0.25, 0.3) is 0 Å². The van der Waals surface area contributed by atoms with E-state index in [2.05, 4.69) is 5.32 Å². The van der Waals surface area contributed by atoms with Crippen LogP contribution < -0.4 is 14.4 Å². The van der Waals surface area contributed by atoms with E-state index in [9.17, 15) is 13.2 Å². The fourth-order valence-corrected chi connectivity index (χ4v) is 6.08. The van der Waals surface area contributed by atoms with Gasteiger partial charge in [0.1, 0.15) is 12.3 Å². The Balaban J connectivity index is 1.66. The molecule has 3 aromatic carbocycles. The first-order valence-electron chi connectivity index (χ1n) is 11.5. The Hall–Kier alpha value is -2.68. The predicted molar refractivity (Wildman–Crippen MR) is 149 cm³/mol. The third kappa shape index (κ3) is 7.66. The minimum absolute atomic E-state index is 0.113. The number of thioether (sulfide) groups is 1. The van der Waals surface area contributed by atoms with Gasteiger partial charge in [-0.15, -0.1) is 0 Å². The van der Waals surface area contributed by atoms with Crippen molar-refractivity contribution in [2.45, 2.75) is 30.9 Å². The second-order valence-electron chi connectivity index (χ2n) is 8.39. The molecule has 0 spiro atoms. The monoisotopic (exact) mass is 546 g/mol. The number of aryl methyl sites for hydroxylation is 2. The Morgan fingerprint density at radius 2 is 1.75 bits per heavy atom. The molecule has 1 N–H and O–H groups in total. The van der Waals surface area contributed by atoms with E-state index in [1.807, 2.05) is 44.2 Å². The van der Waals surface area contributed by atoms with Crippen molar-refractivity contribution >= 4 is 45.0 Å². The average Bonchev–Trinajstić information content (AvgIpc) is 2.85. The van der Waals surface area contributed by atoms with Crippen molar-refractivity contribution < 1.29 is 17.9 Å². The Morgan fingerprint density at radius 3 is 2.44 bits per heavy atom. The fourth-order valence-electron chi connectivity index (χ4n) is 3.54. The van der Waals surface area contributed by atoms with Gasteiger partial charge < -0.3 is 10.1 Å². The summed E-state index contributed by atoms with van der Waals surface area (Å²) in [7, 11) is -2.53. The molecule has 0 heterocycles. The van der Waals surface area contributed by atoms with E-state index >= 15 is 0 Å². The second kappa shape index (κ2) is 13.0. The van der Waals surface area contributed by atoms with Gasteiger partial charge in [-0.1, -0.05) is 47.5 Å². The summed E-state index contributed by atoms with van der Waals surface area (Å²) in [6, 6.07) is 19.6. The lowest BCUT2D eigenvalue weighted by atomic mass is 10.2. The van der Waals surface area contributed by atoms with Gasteiger partial charge in [0.25, 0.3) is 10.0 Å². The van der Waals surface area contributed by atoms with E-state index in [1.54, 1.807) is 48.2 Å². The highest BCUT2D eigenvalue weighted by Gasteiger charge is 2.29. The quantitative estimate of drug-likeness (QED) is 0.299. The van der Waals surface area contributed by atoms with Gasteiger partial charge in [0.05, 0.1) is 17.7 Å². The molecular weight excluding hydrogens is 516 g/mol. The standard InChI is InChI=1S/C27H31ClN2O4S2/c1-20-8-11-24(12-9-20)36(32,33)30(25-16-21(2)10-13-26(25)34-3)18-27(31)29-14-5-15-35-19-22-6-4-7-23(28)17-22/h4,6-13,16-17H,5,14-15,18-19H2,1-3H3,(H,29,31). The highest BCUT2D eigenvalue weighted by atomic mass is 35.5. The highest BCUT2D eigenvalue weighted by molar-refractivity contribution is 7.98. The first-order valence-corrected chi connectivity index (χ1v) is 14.5. The first-order chi connectivity index (χ1) is 17.2. The average molecular weight is 547 g/mol. The summed E-state index contributed by atoms with van der Waals surface area (Å²) in [4.78, 5) is 13.0. The summed E-state index contributed by atoms with van der Waals surface area (Å²) < 4.78 is 33.8. The maximum Gasteiger partial charge on any atom is 0.264 e. The molecule has 0 saturated carbocycles. The number of hydrogen-bond donors (Lipinski definition) is 1. The number of anilines is 1. The number of nitrogens with zero attached hydrogens (tertiary/aromatic N) is 1. The molecule has 3 aromatic rings. The van der Waals surface area contributed by atoms with Gasteiger partial charge in [-0.2, -0.15) is 11.8 Å². The zero-order chi connectivity index (χ0) is 26.1. The van der Waals surface area contributed by atoms with Crippen LogP contribution in [0.5, 0.6) is 5.75 Å². The van der Waals surface area contributed by atoms with Crippen molar-refractivity contribution in [3.63, 3.8) is 0 Å². The SMILES string of the molecule is COc1ccc(C)cc1N(CC(=O)NCCCSCc1cccc(Cl)c1)S(=O)(=O)c1ccc(C)cc1. The molecule has 0 radical (unpaired) electrons. The molecule has 192 valence electrons. The molecule has 0 aliphatic heterocycles. The van der Waals surface area contributed by atoms with Crippen molar-refractivity contribution in [1.29, 1.82) is 0 Å². The van der Waals surface area contributed by atoms with Crippen LogP contribution in [0.15, 0.2) is 71.6 Å². The highest BCUT2D eigenvalue weighted by Crippen LogP contribution is 2.33. The molecule has 0 bridgehead atoms. The van der Waals surface area contributed by atoms with E-state index in [-0.39, 0.29) is 17.3 Å². The molecule has 9 heteroatoms. The summed E-state index contributed by atoms with van der Waals surface area (Å²) in [5, 5.41) is 3.57. The third-order valence-electron chi connectivity index (χ3n) is 5.44. The minimum atomic E-state index is -4.01. The van der Waals surface area contributed by atoms with Crippen molar-refractivity contribution in [2.75, 3.05) is 30.3 Å². The van der Waals surface area contributed by atoms with E-state index in [4.69, 9.17) is 16.3 Å². The van der Waals surface area contributed by atoms with Gasteiger partial charge in [0.2, 0.25) is 5.91 Å². The van der Waals surface area contributed by atoms with Crippen LogP contribution in [0.4, 0.5) is 5.69 Å². The maximum absolute atomic E-state index is 13.6.